The molecular weight excluding hydrogens is 308 g/mol. The van der Waals surface area contributed by atoms with Crippen molar-refractivity contribution in [2.24, 2.45) is 0 Å². The highest BCUT2D eigenvalue weighted by atomic mass is 16.5. The summed E-state index contributed by atoms with van der Waals surface area (Å²) in [7, 11) is 4.66. The van der Waals surface area contributed by atoms with Gasteiger partial charge in [-0.2, -0.15) is 0 Å². The summed E-state index contributed by atoms with van der Waals surface area (Å²) in [6.07, 6.45) is 0. The van der Waals surface area contributed by atoms with E-state index in [4.69, 9.17) is 14.2 Å². The molecule has 2 aromatic rings. The van der Waals surface area contributed by atoms with E-state index in [-0.39, 0.29) is 6.03 Å². The van der Waals surface area contributed by atoms with E-state index in [1.807, 2.05) is 31.2 Å². The van der Waals surface area contributed by atoms with Gasteiger partial charge >= 0.3 is 6.03 Å². The van der Waals surface area contributed by atoms with E-state index in [1.54, 1.807) is 33.5 Å². The van der Waals surface area contributed by atoms with Gasteiger partial charge < -0.3 is 24.8 Å². The normalized spacial score (nSPS) is 10.0. The van der Waals surface area contributed by atoms with Gasteiger partial charge in [-0.1, -0.05) is 12.1 Å². The second kappa shape index (κ2) is 8.10. The molecule has 0 saturated carbocycles. The molecule has 2 aromatic carbocycles. The molecule has 6 heteroatoms. The molecule has 0 atom stereocenters. The van der Waals surface area contributed by atoms with E-state index in [1.165, 1.54) is 0 Å². The maximum Gasteiger partial charge on any atom is 0.319 e. The van der Waals surface area contributed by atoms with Gasteiger partial charge in [0.05, 0.1) is 21.3 Å². The lowest BCUT2D eigenvalue weighted by Crippen LogP contribution is -2.28. The molecule has 0 bridgehead atoms. The van der Waals surface area contributed by atoms with Crippen LogP contribution in [0.1, 0.15) is 11.1 Å². The third-order valence-corrected chi connectivity index (χ3v) is 3.45. The summed E-state index contributed by atoms with van der Waals surface area (Å²) in [5, 5.41) is 5.60. The Morgan fingerprint density at radius 1 is 1.00 bits per heavy atom. The van der Waals surface area contributed by atoms with Gasteiger partial charge in [0.1, 0.15) is 0 Å². The van der Waals surface area contributed by atoms with Crippen molar-refractivity contribution in [3.05, 3.63) is 47.5 Å². The SMILES string of the molecule is COc1cc(CNC(=O)Nc2cccc(C)c2)cc(OC)c1OC. The average molecular weight is 330 g/mol. The molecule has 6 nitrogen and oxygen atoms in total. The van der Waals surface area contributed by atoms with Crippen LogP contribution >= 0.6 is 0 Å². The number of hydrogen-bond donors (Lipinski definition) is 2. The maximum absolute atomic E-state index is 12.0. The van der Waals surface area contributed by atoms with E-state index in [0.717, 1.165) is 16.8 Å². The molecule has 0 unspecified atom stereocenters. The molecule has 0 heterocycles. The van der Waals surface area contributed by atoms with Crippen molar-refractivity contribution in [3.63, 3.8) is 0 Å². The van der Waals surface area contributed by atoms with E-state index in [0.29, 0.717) is 23.8 Å². The maximum atomic E-state index is 12.0. The summed E-state index contributed by atoms with van der Waals surface area (Å²) in [5.41, 5.74) is 2.67. The highest BCUT2D eigenvalue weighted by molar-refractivity contribution is 5.89. The number of carbonyl (C=O) groups is 1. The number of ether oxygens (including phenoxy) is 3. The van der Waals surface area contributed by atoms with Gasteiger partial charge in [0.15, 0.2) is 11.5 Å². The molecule has 0 aromatic heterocycles. The van der Waals surface area contributed by atoms with E-state index in [9.17, 15) is 4.79 Å². The Labute approximate surface area is 141 Å². The molecule has 2 rings (SSSR count). The van der Waals surface area contributed by atoms with Gasteiger partial charge in [0, 0.05) is 12.2 Å². The first-order valence-electron chi connectivity index (χ1n) is 7.47. The number of hydrogen-bond acceptors (Lipinski definition) is 4. The zero-order valence-corrected chi connectivity index (χ0v) is 14.3. The van der Waals surface area contributed by atoms with Crippen molar-refractivity contribution in [1.82, 2.24) is 5.32 Å². The Bertz CT molecular complexity index is 691. The number of carbonyl (C=O) groups excluding carboxylic acids is 1. The van der Waals surface area contributed by atoms with Crippen LogP contribution in [0.5, 0.6) is 17.2 Å². The van der Waals surface area contributed by atoms with E-state index < -0.39 is 0 Å². The molecule has 0 spiro atoms. The van der Waals surface area contributed by atoms with Crippen molar-refractivity contribution < 1.29 is 19.0 Å². The molecule has 0 aliphatic rings. The number of anilines is 1. The monoisotopic (exact) mass is 330 g/mol. The Kier molecular flexibility index (Phi) is 5.89. The molecular formula is C18H22N2O4. The fourth-order valence-corrected chi connectivity index (χ4v) is 2.32. The van der Waals surface area contributed by atoms with Gasteiger partial charge in [-0.3, -0.25) is 0 Å². The molecule has 128 valence electrons. The minimum atomic E-state index is -0.283. The summed E-state index contributed by atoms with van der Waals surface area (Å²) in [5.74, 6) is 1.62. The van der Waals surface area contributed by atoms with Gasteiger partial charge in [-0.15, -0.1) is 0 Å². The number of rotatable bonds is 6. The first-order valence-corrected chi connectivity index (χ1v) is 7.47. The van der Waals surface area contributed by atoms with Crippen LogP contribution in [-0.2, 0) is 6.54 Å². The Hall–Kier alpha value is -2.89. The lowest BCUT2D eigenvalue weighted by atomic mass is 10.2. The summed E-state index contributed by atoms with van der Waals surface area (Å²) in [6, 6.07) is 10.9. The second-order valence-electron chi connectivity index (χ2n) is 5.21. The number of benzene rings is 2. The Morgan fingerprint density at radius 2 is 1.67 bits per heavy atom. The zero-order chi connectivity index (χ0) is 17.5. The lowest BCUT2D eigenvalue weighted by Gasteiger charge is -2.14. The van der Waals surface area contributed by atoms with Crippen molar-refractivity contribution in [2.45, 2.75) is 13.5 Å². The predicted octanol–water partition coefficient (Wildman–Crippen LogP) is 3.34. The molecule has 24 heavy (non-hydrogen) atoms. The topological polar surface area (TPSA) is 68.8 Å². The number of urea groups is 1. The summed E-state index contributed by atoms with van der Waals surface area (Å²) < 4.78 is 15.9. The van der Waals surface area contributed by atoms with Crippen LogP contribution in [0.4, 0.5) is 10.5 Å². The van der Waals surface area contributed by atoms with E-state index in [2.05, 4.69) is 10.6 Å². The molecule has 2 N–H and O–H groups in total. The van der Waals surface area contributed by atoms with Crippen LogP contribution in [0, 0.1) is 6.92 Å². The van der Waals surface area contributed by atoms with Crippen LogP contribution in [0.25, 0.3) is 0 Å². The standard InChI is InChI=1S/C18H22N2O4/c1-12-6-5-7-14(8-12)20-18(21)19-11-13-9-15(22-2)17(24-4)16(10-13)23-3/h5-10H,11H2,1-4H3,(H2,19,20,21). The highest BCUT2D eigenvalue weighted by Gasteiger charge is 2.13. The molecule has 0 saturated heterocycles. The van der Waals surface area contributed by atoms with Crippen molar-refractivity contribution in [2.75, 3.05) is 26.6 Å². The van der Waals surface area contributed by atoms with Gasteiger partial charge in [-0.05, 0) is 42.3 Å². The summed E-state index contributed by atoms with van der Waals surface area (Å²) in [4.78, 5) is 12.0. The van der Waals surface area contributed by atoms with Crippen molar-refractivity contribution in [3.8, 4) is 17.2 Å². The Morgan fingerprint density at radius 3 is 2.21 bits per heavy atom. The first kappa shape index (κ1) is 17.5. The minimum Gasteiger partial charge on any atom is -0.493 e. The first-order chi connectivity index (χ1) is 11.6. The molecule has 0 radical (unpaired) electrons. The Balaban J connectivity index is 2.04. The fourth-order valence-electron chi connectivity index (χ4n) is 2.32. The second-order valence-corrected chi connectivity index (χ2v) is 5.21. The van der Waals surface area contributed by atoms with Crippen LogP contribution in [0.2, 0.25) is 0 Å². The largest absolute Gasteiger partial charge is 0.493 e. The molecule has 0 aliphatic heterocycles. The van der Waals surface area contributed by atoms with Gasteiger partial charge in [0.25, 0.3) is 0 Å². The summed E-state index contributed by atoms with van der Waals surface area (Å²) in [6.45, 7) is 2.30. The van der Waals surface area contributed by atoms with Crippen LogP contribution in [-0.4, -0.2) is 27.4 Å². The molecule has 2 amide bonds. The number of amides is 2. The lowest BCUT2D eigenvalue weighted by molar-refractivity contribution is 0.251. The molecule has 0 fully saturated rings. The molecule has 0 aliphatic carbocycles. The zero-order valence-electron chi connectivity index (χ0n) is 14.3. The van der Waals surface area contributed by atoms with Crippen LogP contribution < -0.4 is 24.8 Å². The fraction of sp³-hybridized carbons (Fsp3) is 0.278. The van der Waals surface area contributed by atoms with Crippen molar-refractivity contribution >= 4 is 11.7 Å². The van der Waals surface area contributed by atoms with Crippen LogP contribution in [0.15, 0.2) is 36.4 Å². The van der Waals surface area contributed by atoms with Gasteiger partial charge in [0.2, 0.25) is 5.75 Å². The van der Waals surface area contributed by atoms with E-state index >= 15 is 0 Å². The number of nitrogens with one attached hydrogen (secondary N) is 2. The van der Waals surface area contributed by atoms with Gasteiger partial charge in [-0.25, -0.2) is 4.79 Å². The average Bonchev–Trinajstić information content (AvgIpc) is 2.58. The minimum absolute atomic E-state index is 0.283. The summed E-state index contributed by atoms with van der Waals surface area (Å²) >= 11 is 0. The third-order valence-electron chi connectivity index (χ3n) is 3.45. The number of methoxy groups -OCH3 is 3. The quantitative estimate of drug-likeness (QED) is 0.852. The van der Waals surface area contributed by atoms with Crippen LogP contribution in [0.3, 0.4) is 0 Å². The van der Waals surface area contributed by atoms with Crippen molar-refractivity contribution in [1.29, 1.82) is 0 Å². The smallest absolute Gasteiger partial charge is 0.319 e. The highest BCUT2D eigenvalue weighted by Crippen LogP contribution is 2.38. The number of aryl methyl sites for hydroxylation is 1. The third kappa shape index (κ3) is 4.32. The predicted molar refractivity (Wildman–Crippen MR) is 93.1 cm³/mol.